The summed E-state index contributed by atoms with van der Waals surface area (Å²) in [6.45, 7) is 0. The number of hydrogen-bond acceptors (Lipinski definition) is 0. The third-order valence-corrected chi connectivity index (χ3v) is 21.4. The maximum Gasteiger partial charge on any atom is 0.179 e. The van der Waals surface area contributed by atoms with E-state index in [-0.39, 0.29) is 0 Å². The average molecular weight is 983 g/mol. The van der Waals surface area contributed by atoms with Gasteiger partial charge < -0.3 is 9.13 Å². The van der Waals surface area contributed by atoms with Crippen LogP contribution in [0.5, 0.6) is 0 Å². The van der Waals surface area contributed by atoms with Crippen molar-refractivity contribution < 1.29 is 0 Å². The van der Waals surface area contributed by atoms with Crippen LogP contribution in [0.2, 0.25) is 0 Å². The first kappa shape index (κ1) is 44.0. The molecule has 0 fully saturated rings. The lowest BCUT2D eigenvalue weighted by Crippen LogP contribution is -2.74. The fourth-order valence-electron chi connectivity index (χ4n) is 13.4. The van der Waals surface area contributed by atoms with Crippen molar-refractivity contribution in [3.05, 3.63) is 326 Å². The Hall–Kier alpha value is -9.54. The number of para-hydroxylation sites is 2. The molecule has 356 valence electrons. The van der Waals surface area contributed by atoms with Crippen molar-refractivity contribution in [1.29, 1.82) is 0 Å². The zero-order chi connectivity index (χ0) is 50.2. The van der Waals surface area contributed by atoms with E-state index in [1.165, 1.54) is 109 Å². The molecule has 0 unspecified atom stereocenters. The van der Waals surface area contributed by atoms with Crippen molar-refractivity contribution in [1.82, 2.24) is 9.13 Å². The molecule has 0 atom stereocenters. The molecule has 0 bridgehead atoms. The van der Waals surface area contributed by atoms with Gasteiger partial charge in [-0.3, -0.25) is 0 Å². The summed E-state index contributed by atoms with van der Waals surface area (Å²) in [4.78, 5) is 0. The first-order valence-electron chi connectivity index (χ1n) is 26.4. The fourth-order valence-corrected chi connectivity index (χ4v) is 18.1. The minimum atomic E-state index is -2.71. The number of nitrogens with zero attached hydrogens (tertiary/aromatic N) is 2. The summed E-state index contributed by atoms with van der Waals surface area (Å²) in [6.07, 6.45) is 0. The van der Waals surface area contributed by atoms with E-state index < -0.39 is 13.5 Å². The minimum Gasteiger partial charge on any atom is -0.309 e. The SMILES string of the molecule is c1ccc(C2(c3ccccc3)c3ccccc3-c3ccc(-c4ccc5c6ccccc6n(-c6ccc7c8ccccc8n(-c8ccc([Si](c9ccccc9)(c9ccccc9)c9ccccc9)cc8)c7c6)c5c4)cc32)cc1. The maximum absolute atomic E-state index is 2.71. The third kappa shape index (κ3) is 6.46. The lowest BCUT2D eigenvalue weighted by molar-refractivity contribution is 0.769. The Morgan fingerprint density at radius 2 is 0.645 bits per heavy atom. The fraction of sp³-hybridized carbons (Fsp3) is 0.0137. The molecule has 15 rings (SSSR count). The normalized spacial score (nSPS) is 12.8. The van der Waals surface area contributed by atoms with E-state index in [1.807, 2.05) is 0 Å². The Bertz CT molecular complexity index is 4350. The Labute approximate surface area is 443 Å². The lowest BCUT2D eigenvalue weighted by atomic mass is 9.67. The van der Waals surface area contributed by atoms with Crippen molar-refractivity contribution in [2.24, 2.45) is 0 Å². The maximum atomic E-state index is 2.49. The molecule has 2 nitrogen and oxygen atoms in total. The predicted molar refractivity (Wildman–Crippen MR) is 321 cm³/mol. The molecule has 0 N–H and O–H groups in total. The number of benzene rings is 12. The van der Waals surface area contributed by atoms with Gasteiger partial charge in [-0.2, -0.15) is 0 Å². The van der Waals surface area contributed by atoms with Crippen molar-refractivity contribution >= 4 is 72.4 Å². The van der Waals surface area contributed by atoms with Crippen LogP contribution < -0.4 is 20.7 Å². The number of aromatic nitrogens is 2. The van der Waals surface area contributed by atoms with Gasteiger partial charge in [-0.25, -0.2) is 0 Å². The Morgan fingerprint density at radius 1 is 0.250 bits per heavy atom. The van der Waals surface area contributed by atoms with Crippen LogP contribution in [0.15, 0.2) is 303 Å². The van der Waals surface area contributed by atoms with Crippen LogP contribution in [0.1, 0.15) is 22.3 Å². The number of fused-ring (bicyclic) bond motifs is 9. The first-order valence-corrected chi connectivity index (χ1v) is 28.4. The summed E-state index contributed by atoms with van der Waals surface area (Å²) >= 11 is 0. The van der Waals surface area contributed by atoms with E-state index in [4.69, 9.17) is 0 Å². The van der Waals surface area contributed by atoms with Crippen molar-refractivity contribution in [2.75, 3.05) is 0 Å². The highest BCUT2D eigenvalue weighted by molar-refractivity contribution is 7.19. The summed E-state index contributed by atoms with van der Waals surface area (Å²) in [6, 6.07) is 113. The highest BCUT2D eigenvalue weighted by Gasteiger charge is 2.46. The second-order valence-electron chi connectivity index (χ2n) is 20.3. The van der Waals surface area contributed by atoms with Crippen LogP contribution in [0, 0.1) is 0 Å². The molecule has 2 heterocycles. The third-order valence-electron chi connectivity index (χ3n) is 16.6. The van der Waals surface area contributed by atoms with Crippen LogP contribution in [-0.2, 0) is 5.41 Å². The second-order valence-corrected chi connectivity index (χ2v) is 24.1. The molecular formula is C73H50N2Si. The van der Waals surface area contributed by atoms with Gasteiger partial charge in [0.05, 0.1) is 27.5 Å². The molecule has 0 spiro atoms. The molecule has 2 aromatic heterocycles. The summed E-state index contributed by atoms with van der Waals surface area (Å²) < 4.78 is 4.96. The van der Waals surface area contributed by atoms with E-state index >= 15 is 0 Å². The van der Waals surface area contributed by atoms with Crippen molar-refractivity contribution in [3.8, 4) is 33.6 Å². The van der Waals surface area contributed by atoms with Crippen LogP contribution in [0.4, 0.5) is 0 Å². The summed E-state index contributed by atoms with van der Waals surface area (Å²) in [7, 11) is -2.71. The van der Waals surface area contributed by atoms with Crippen LogP contribution in [0.3, 0.4) is 0 Å². The molecule has 0 amide bonds. The van der Waals surface area contributed by atoms with Crippen LogP contribution >= 0.6 is 0 Å². The highest BCUT2D eigenvalue weighted by Crippen LogP contribution is 2.57. The number of rotatable bonds is 9. The standard InChI is InChI=1S/C73H50N2Si/c1-6-22-53(23-7-1)73(54-24-8-2-9-25-54)67-35-19-16-32-61(67)62-45-38-51(48-68(62)73)52-39-46-65-63-33-18-21-37-70(63)75(71(65)49-52)56-42-47-66-64-34-17-20-36-69(64)74(72(66)50-56)55-40-43-60(44-41-55)76(57-26-10-3-11-27-57,58-28-12-4-13-29-58)59-30-14-5-15-31-59/h1-50H. The monoisotopic (exact) mass is 982 g/mol. The average Bonchev–Trinajstić information content (AvgIpc) is 4.30. The van der Waals surface area contributed by atoms with Crippen LogP contribution in [0.25, 0.3) is 77.2 Å². The quantitative estimate of drug-likeness (QED) is 0.101. The highest BCUT2D eigenvalue weighted by atomic mass is 28.3. The lowest BCUT2D eigenvalue weighted by Gasteiger charge is -2.34. The molecule has 14 aromatic rings. The molecule has 1 aliphatic carbocycles. The summed E-state index contributed by atoms with van der Waals surface area (Å²) in [5.74, 6) is 0. The predicted octanol–water partition coefficient (Wildman–Crippen LogP) is 15.3. The topological polar surface area (TPSA) is 9.86 Å². The Morgan fingerprint density at radius 3 is 1.22 bits per heavy atom. The van der Waals surface area contributed by atoms with Gasteiger partial charge in [0.15, 0.2) is 8.07 Å². The molecule has 3 heteroatoms. The minimum absolute atomic E-state index is 0.478. The van der Waals surface area contributed by atoms with Gasteiger partial charge in [-0.1, -0.05) is 255 Å². The largest absolute Gasteiger partial charge is 0.309 e. The molecule has 0 saturated carbocycles. The Balaban J connectivity index is 0.907. The summed E-state index contributed by atoms with van der Waals surface area (Å²) in [5.41, 5.74) is 16.6. The van der Waals surface area contributed by atoms with E-state index in [1.54, 1.807) is 0 Å². The van der Waals surface area contributed by atoms with E-state index in [0.717, 1.165) is 11.4 Å². The van der Waals surface area contributed by atoms with Gasteiger partial charge in [0.1, 0.15) is 0 Å². The molecule has 0 aliphatic heterocycles. The van der Waals surface area contributed by atoms with E-state index in [9.17, 15) is 0 Å². The molecular weight excluding hydrogens is 933 g/mol. The van der Waals surface area contributed by atoms with E-state index in [0.29, 0.717) is 0 Å². The Kier molecular flexibility index (Phi) is 10.2. The zero-order valence-corrected chi connectivity index (χ0v) is 42.8. The smallest absolute Gasteiger partial charge is 0.179 e. The first-order chi connectivity index (χ1) is 37.7. The molecule has 76 heavy (non-hydrogen) atoms. The van der Waals surface area contributed by atoms with Gasteiger partial charge in [-0.15, -0.1) is 0 Å². The molecule has 0 radical (unpaired) electrons. The zero-order valence-electron chi connectivity index (χ0n) is 41.8. The molecule has 1 aliphatic rings. The van der Waals surface area contributed by atoms with Crippen molar-refractivity contribution in [2.45, 2.75) is 5.41 Å². The van der Waals surface area contributed by atoms with Crippen LogP contribution in [-0.4, -0.2) is 17.2 Å². The van der Waals surface area contributed by atoms with Gasteiger partial charge in [0.2, 0.25) is 0 Å². The molecule has 12 aromatic carbocycles. The van der Waals surface area contributed by atoms with Gasteiger partial charge in [0, 0.05) is 32.9 Å². The van der Waals surface area contributed by atoms with Crippen molar-refractivity contribution in [3.63, 3.8) is 0 Å². The number of hydrogen-bond donors (Lipinski definition) is 0. The summed E-state index contributed by atoms with van der Waals surface area (Å²) in [5, 5.41) is 10.4. The molecule has 0 saturated heterocycles. The second kappa shape index (κ2) is 17.6. The van der Waals surface area contributed by atoms with Gasteiger partial charge in [-0.05, 0) is 114 Å². The van der Waals surface area contributed by atoms with Gasteiger partial charge in [0.25, 0.3) is 0 Å². The van der Waals surface area contributed by atoms with Gasteiger partial charge >= 0.3 is 0 Å². The van der Waals surface area contributed by atoms with E-state index in [2.05, 4.69) is 312 Å².